The molecular weight excluding hydrogens is 384 g/mol. The van der Waals surface area contributed by atoms with Crippen molar-refractivity contribution in [2.24, 2.45) is 0 Å². The number of carbonyl (C=O) groups is 1. The van der Waals surface area contributed by atoms with Crippen molar-refractivity contribution in [1.82, 2.24) is 9.97 Å². The summed E-state index contributed by atoms with van der Waals surface area (Å²) in [6.45, 7) is 4.46. The van der Waals surface area contributed by atoms with Crippen LogP contribution in [0.3, 0.4) is 0 Å². The minimum absolute atomic E-state index is 0.154. The third-order valence-corrected chi connectivity index (χ3v) is 5.60. The molecule has 0 amide bonds. The highest BCUT2D eigenvalue weighted by Crippen LogP contribution is 2.20. The van der Waals surface area contributed by atoms with Crippen LogP contribution in [-0.2, 0) is 11.2 Å². The number of rotatable bonds is 16. The van der Waals surface area contributed by atoms with E-state index in [9.17, 15) is 4.79 Å². The quantitative estimate of drug-likeness (QED) is 0.157. The van der Waals surface area contributed by atoms with Crippen molar-refractivity contribution in [2.75, 3.05) is 0 Å². The molecule has 0 N–H and O–H groups in total. The molecule has 0 fully saturated rings. The van der Waals surface area contributed by atoms with Gasteiger partial charge < -0.3 is 4.74 Å². The van der Waals surface area contributed by atoms with Gasteiger partial charge in [0, 0.05) is 24.4 Å². The molecule has 1 heterocycles. The number of aromatic nitrogens is 2. The lowest BCUT2D eigenvalue weighted by Crippen LogP contribution is -2.07. The molecule has 4 heteroatoms. The smallest absolute Gasteiger partial charge is 0.311 e. The summed E-state index contributed by atoms with van der Waals surface area (Å²) in [5.74, 6) is 1.13. The van der Waals surface area contributed by atoms with E-state index in [2.05, 4.69) is 23.8 Å². The van der Waals surface area contributed by atoms with Crippen LogP contribution in [0.5, 0.6) is 5.75 Å². The minimum Gasteiger partial charge on any atom is -0.427 e. The maximum Gasteiger partial charge on any atom is 0.311 e. The Hall–Kier alpha value is -2.23. The summed E-state index contributed by atoms with van der Waals surface area (Å²) in [6.07, 6.45) is 20.2. The van der Waals surface area contributed by atoms with Crippen LogP contribution in [0.4, 0.5) is 0 Å². The van der Waals surface area contributed by atoms with Gasteiger partial charge in [-0.05, 0) is 49.1 Å². The Bertz CT molecular complexity index is 726. The van der Waals surface area contributed by atoms with Crippen LogP contribution in [0.25, 0.3) is 11.4 Å². The van der Waals surface area contributed by atoms with E-state index in [1.807, 2.05) is 36.7 Å². The topological polar surface area (TPSA) is 52.1 Å². The van der Waals surface area contributed by atoms with E-state index in [4.69, 9.17) is 4.74 Å². The zero-order valence-electron chi connectivity index (χ0n) is 19.6. The zero-order chi connectivity index (χ0) is 22.2. The van der Waals surface area contributed by atoms with Gasteiger partial charge in [-0.25, -0.2) is 9.97 Å². The van der Waals surface area contributed by atoms with Crippen molar-refractivity contribution >= 4 is 5.97 Å². The Balaban J connectivity index is 1.71. The molecule has 4 nitrogen and oxygen atoms in total. The van der Waals surface area contributed by atoms with Crippen molar-refractivity contribution in [2.45, 2.75) is 104 Å². The van der Waals surface area contributed by atoms with Gasteiger partial charge in [0.1, 0.15) is 5.75 Å². The van der Waals surface area contributed by atoms with E-state index in [0.29, 0.717) is 18.0 Å². The first kappa shape index (κ1) is 25.0. The van der Waals surface area contributed by atoms with Crippen molar-refractivity contribution in [3.8, 4) is 17.1 Å². The number of esters is 1. The second-order valence-electron chi connectivity index (χ2n) is 8.45. The Labute approximate surface area is 188 Å². The van der Waals surface area contributed by atoms with Crippen LogP contribution in [-0.4, -0.2) is 15.9 Å². The van der Waals surface area contributed by atoms with Gasteiger partial charge in [-0.15, -0.1) is 0 Å². The standard InChI is InChI=1S/C27H40N2O2/c1-3-5-7-9-11-13-15-23-21-28-27(29-22-23)24-17-19-25(20-18-24)31-26(30)16-14-12-10-8-6-4-2/h17-22H,3-16H2,1-2H3. The van der Waals surface area contributed by atoms with Crippen LogP contribution in [0.2, 0.25) is 0 Å². The number of nitrogens with zero attached hydrogens (tertiary/aromatic N) is 2. The van der Waals surface area contributed by atoms with Crippen LogP contribution in [0.1, 0.15) is 103 Å². The predicted molar refractivity (Wildman–Crippen MR) is 128 cm³/mol. The van der Waals surface area contributed by atoms with Gasteiger partial charge in [0.25, 0.3) is 0 Å². The summed E-state index contributed by atoms with van der Waals surface area (Å²) in [5, 5.41) is 0. The van der Waals surface area contributed by atoms with Gasteiger partial charge in [-0.3, -0.25) is 4.79 Å². The molecule has 0 radical (unpaired) electrons. The van der Waals surface area contributed by atoms with Crippen molar-refractivity contribution < 1.29 is 9.53 Å². The SMILES string of the molecule is CCCCCCCCC(=O)Oc1ccc(-c2ncc(CCCCCCCC)cn2)cc1. The molecule has 1 aromatic heterocycles. The molecule has 0 unspecified atom stereocenters. The highest BCUT2D eigenvalue weighted by molar-refractivity contribution is 5.72. The highest BCUT2D eigenvalue weighted by Gasteiger charge is 2.07. The molecule has 170 valence electrons. The van der Waals surface area contributed by atoms with Gasteiger partial charge in [0.15, 0.2) is 5.82 Å². The largest absolute Gasteiger partial charge is 0.427 e. The summed E-state index contributed by atoms with van der Waals surface area (Å²) < 4.78 is 5.45. The fourth-order valence-corrected chi connectivity index (χ4v) is 3.65. The first-order chi connectivity index (χ1) is 15.2. The number of benzene rings is 1. The molecule has 0 aliphatic carbocycles. The van der Waals surface area contributed by atoms with Gasteiger partial charge in [-0.1, -0.05) is 78.1 Å². The van der Waals surface area contributed by atoms with Crippen LogP contribution in [0.15, 0.2) is 36.7 Å². The Morgan fingerprint density at radius 3 is 1.90 bits per heavy atom. The Morgan fingerprint density at radius 2 is 1.29 bits per heavy atom. The molecule has 31 heavy (non-hydrogen) atoms. The van der Waals surface area contributed by atoms with Crippen molar-refractivity contribution in [1.29, 1.82) is 0 Å². The fourth-order valence-electron chi connectivity index (χ4n) is 3.65. The second kappa shape index (κ2) is 15.6. The normalized spacial score (nSPS) is 10.9. The summed E-state index contributed by atoms with van der Waals surface area (Å²) in [6, 6.07) is 7.47. The lowest BCUT2D eigenvalue weighted by Gasteiger charge is -2.06. The van der Waals surface area contributed by atoms with Gasteiger partial charge in [0.2, 0.25) is 0 Å². The molecule has 0 aliphatic heterocycles. The molecule has 0 saturated carbocycles. The number of carbonyl (C=O) groups excluding carboxylic acids is 1. The van der Waals surface area contributed by atoms with Crippen LogP contribution in [0, 0.1) is 0 Å². The summed E-state index contributed by atoms with van der Waals surface area (Å²) >= 11 is 0. The monoisotopic (exact) mass is 424 g/mol. The third kappa shape index (κ3) is 10.6. The molecule has 1 aromatic carbocycles. The van der Waals surface area contributed by atoms with E-state index >= 15 is 0 Å². The maximum atomic E-state index is 12.0. The molecule has 0 aliphatic rings. The second-order valence-corrected chi connectivity index (χ2v) is 8.45. The Morgan fingerprint density at radius 1 is 0.742 bits per heavy atom. The number of ether oxygens (including phenoxy) is 1. The molecule has 0 bridgehead atoms. The van der Waals surface area contributed by atoms with Crippen LogP contribution >= 0.6 is 0 Å². The van der Waals surface area contributed by atoms with Gasteiger partial charge >= 0.3 is 5.97 Å². The first-order valence-corrected chi connectivity index (χ1v) is 12.3. The zero-order valence-corrected chi connectivity index (χ0v) is 19.6. The number of hydrogen-bond acceptors (Lipinski definition) is 4. The molecule has 2 rings (SSSR count). The predicted octanol–water partition coefficient (Wildman–Crippen LogP) is 7.70. The molecule has 0 saturated heterocycles. The molecule has 0 atom stereocenters. The summed E-state index contributed by atoms with van der Waals surface area (Å²) in [5.41, 5.74) is 2.13. The first-order valence-electron chi connectivity index (χ1n) is 12.3. The third-order valence-electron chi connectivity index (χ3n) is 5.60. The fraction of sp³-hybridized carbons (Fsp3) is 0.593. The van der Waals surface area contributed by atoms with Crippen LogP contribution < -0.4 is 4.74 Å². The summed E-state index contributed by atoms with van der Waals surface area (Å²) in [7, 11) is 0. The van der Waals surface area contributed by atoms with Gasteiger partial charge in [0.05, 0.1) is 0 Å². The average Bonchev–Trinajstić information content (AvgIpc) is 2.79. The highest BCUT2D eigenvalue weighted by atomic mass is 16.5. The van der Waals surface area contributed by atoms with Crippen molar-refractivity contribution in [3.63, 3.8) is 0 Å². The molecular formula is C27H40N2O2. The van der Waals surface area contributed by atoms with E-state index in [-0.39, 0.29) is 5.97 Å². The van der Waals surface area contributed by atoms with E-state index in [1.54, 1.807) is 0 Å². The van der Waals surface area contributed by atoms with E-state index in [1.165, 1.54) is 69.8 Å². The van der Waals surface area contributed by atoms with Crippen molar-refractivity contribution in [3.05, 3.63) is 42.2 Å². The minimum atomic E-state index is -0.154. The average molecular weight is 425 g/mol. The van der Waals surface area contributed by atoms with E-state index < -0.39 is 0 Å². The number of aryl methyl sites for hydroxylation is 1. The lowest BCUT2D eigenvalue weighted by molar-refractivity contribution is -0.134. The number of unbranched alkanes of at least 4 members (excludes halogenated alkanes) is 10. The maximum absolute atomic E-state index is 12.0. The van der Waals surface area contributed by atoms with Gasteiger partial charge in [-0.2, -0.15) is 0 Å². The molecule has 2 aromatic rings. The molecule has 0 spiro atoms. The lowest BCUT2D eigenvalue weighted by atomic mass is 10.1. The Kier molecular flexibility index (Phi) is 12.6. The van der Waals surface area contributed by atoms with E-state index in [0.717, 1.165) is 24.8 Å². The number of hydrogen-bond donors (Lipinski definition) is 0. The summed E-state index contributed by atoms with van der Waals surface area (Å²) in [4.78, 5) is 21.0.